The first-order valence-electron chi connectivity index (χ1n) is 8.72. The molecule has 0 aliphatic carbocycles. The number of nitrogens with one attached hydrogen (secondary N) is 1. The Morgan fingerprint density at radius 3 is 2.67 bits per heavy atom. The van der Waals surface area contributed by atoms with Gasteiger partial charge in [0, 0.05) is 24.4 Å². The molecule has 0 aromatic carbocycles. The summed E-state index contributed by atoms with van der Waals surface area (Å²) in [6.45, 7) is 10.6. The zero-order chi connectivity index (χ0) is 20.1. The van der Waals surface area contributed by atoms with Gasteiger partial charge >= 0.3 is 0 Å². The number of methoxy groups -OCH3 is 1. The van der Waals surface area contributed by atoms with Crippen molar-refractivity contribution >= 4 is 28.5 Å². The molecule has 27 heavy (non-hydrogen) atoms. The number of carbonyl (C=O) groups excluding carboxylic acids is 1. The van der Waals surface area contributed by atoms with E-state index < -0.39 is 5.91 Å². The van der Waals surface area contributed by atoms with Crippen LogP contribution < -0.4 is 5.32 Å². The third kappa shape index (κ3) is 4.81. The number of hydrogen-bond donors (Lipinski definition) is 1. The van der Waals surface area contributed by atoms with E-state index >= 15 is 0 Å². The van der Waals surface area contributed by atoms with Gasteiger partial charge in [0.2, 0.25) is 5.13 Å². The van der Waals surface area contributed by atoms with Crippen LogP contribution in [0.15, 0.2) is 11.6 Å². The maximum atomic E-state index is 12.5. The molecule has 0 fully saturated rings. The van der Waals surface area contributed by atoms with Gasteiger partial charge in [0.05, 0.1) is 12.6 Å². The minimum atomic E-state index is -0.487. The summed E-state index contributed by atoms with van der Waals surface area (Å²) in [5, 5.41) is 21.3. The summed E-state index contributed by atoms with van der Waals surface area (Å²) in [6.07, 6.45) is 1.61. The molecule has 1 amide bonds. The molecule has 0 bridgehead atoms. The normalized spacial score (nSPS) is 12.9. The van der Waals surface area contributed by atoms with Gasteiger partial charge in [0.25, 0.3) is 5.91 Å². The molecule has 7 nitrogen and oxygen atoms in total. The SMILES string of the molecule is COCC(C)n1c(C)cc(/C=C(/C#N)C(=O)Nc2nnc(C(C)C)s2)c1C. The lowest BCUT2D eigenvalue weighted by molar-refractivity contribution is -0.112. The van der Waals surface area contributed by atoms with Crippen molar-refractivity contribution in [1.29, 1.82) is 5.26 Å². The second-order valence-electron chi connectivity index (χ2n) is 6.72. The highest BCUT2D eigenvalue weighted by Gasteiger charge is 2.17. The number of aromatic nitrogens is 3. The van der Waals surface area contributed by atoms with E-state index in [0.29, 0.717) is 11.7 Å². The quantitative estimate of drug-likeness (QED) is 0.576. The van der Waals surface area contributed by atoms with Gasteiger partial charge in [-0.05, 0) is 38.5 Å². The lowest BCUT2D eigenvalue weighted by Crippen LogP contribution is -2.14. The number of amides is 1. The minimum Gasteiger partial charge on any atom is -0.383 e. The van der Waals surface area contributed by atoms with Crippen LogP contribution in [0, 0.1) is 25.2 Å². The van der Waals surface area contributed by atoms with Crippen LogP contribution in [0.5, 0.6) is 0 Å². The molecule has 2 aromatic rings. The first kappa shape index (κ1) is 20.8. The summed E-state index contributed by atoms with van der Waals surface area (Å²) in [6, 6.07) is 4.11. The van der Waals surface area contributed by atoms with E-state index in [1.165, 1.54) is 11.3 Å². The highest BCUT2D eigenvalue weighted by molar-refractivity contribution is 7.15. The summed E-state index contributed by atoms with van der Waals surface area (Å²) in [5.41, 5.74) is 2.89. The van der Waals surface area contributed by atoms with E-state index in [1.54, 1.807) is 13.2 Å². The molecule has 2 aromatic heterocycles. The summed E-state index contributed by atoms with van der Waals surface area (Å²) in [5.74, 6) is -0.252. The molecule has 0 spiro atoms. The van der Waals surface area contributed by atoms with Crippen LogP contribution in [-0.2, 0) is 9.53 Å². The Balaban J connectivity index is 2.26. The van der Waals surface area contributed by atoms with E-state index in [1.807, 2.05) is 39.8 Å². The Hall–Kier alpha value is -2.50. The van der Waals surface area contributed by atoms with Crippen molar-refractivity contribution < 1.29 is 9.53 Å². The fourth-order valence-corrected chi connectivity index (χ4v) is 3.67. The number of rotatable bonds is 7. The van der Waals surface area contributed by atoms with Crippen LogP contribution in [0.3, 0.4) is 0 Å². The second-order valence-corrected chi connectivity index (χ2v) is 7.73. The Bertz CT molecular complexity index is 889. The fraction of sp³-hybridized carbons (Fsp3) is 0.474. The second kappa shape index (κ2) is 8.93. The molecule has 144 valence electrons. The average Bonchev–Trinajstić information content (AvgIpc) is 3.17. The van der Waals surface area contributed by atoms with E-state index in [9.17, 15) is 10.1 Å². The number of carbonyl (C=O) groups is 1. The summed E-state index contributed by atoms with van der Waals surface area (Å²) in [4.78, 5) is 12.5. The van der Waals surface area contributed by atoms with Crippen LogP contribution in [-0.4, -0.2) is 34.4 Å². The molecule has 0 saturated heterocycles. The van der Waals surface area contributed by atoms with Gasteiger partial charge in [-0.25, -0.2) is 0 Å². The van der Waals surface area contributed by atoms with Crippen LogP contribution >= 0.6 is 11.3 Å². The van der Waals surface area contributed by atoms with Gasteiger partial charge in [-0.1, -0.05) is 25.2 Å². The smallest absolute Gasteiger partial charge is 0.268 e. The molecule has 0 radical (unpaired) electrons. The van der Waals surface area contributed by atoms with E-state index in [0.717, 1.165) is 22.0 Å². The van der Waals surface area contributed by atoms with Crippen LogP contribution in [0.2, 0.25) is 0 Å². The number of hydrogen-bond acceptors (Lipinski definition) is 6. The van der Waals surface area contributed by atoms with E-state index in [2.05, 4.69) is 27.0 Å². The van der Waals surface area contributed by atoms with Crippen molar-refractivity contribution in [3.8, 4) is 6.07 Å². The van der Waals surface area contributed by atoms with Gasteiger partial charge in [-0.15, -0.1) is 10.2 Å². The first-order valence-corrected chi connectivity index (χ1v) is 9.54. The number of ether oxygens (including phenoxy) is 1. The molecule has 0 aliphatic rings. The first-order chi connectivity index (χ1) is 12.8. The predicted octanol–water partition coefficient (Wildman–Crippen LogP) is 3.83. The highest BCUT2D eigenvalue weighted by Crippen LogP contribution is 2.25. The molecule has 1 N–H and O–H groups in total. The molecule has 8 heteroatoms. The van der Waals surface area contributed by atoms with Crippen molar-refractivity contribution in [2.24, 2.45) is 0 Å². The van der Waals surface area contributed by atoms with Crippen molar-refractivity contribution in [1.82, 2.24) is 14.8 Å². The largest absolute Gasteiger partial charge is 0.383 e. The maximum Gasteiger partial charge on any atom is 0.268 e. The van der Waals surface area contributed by atoms with Gasteiger partial charge in [-0.3, -0.25) is 10.1 Å². The molecular formula is C19H25N5O2S. The van der Waals surface area contributed by atoms with Gasteiger partial charge in [0.1, 0.15) is 16.6 Å². The minimum absolute atomic E-state index is 0.0240. The zero-order valence-corrected chi connectivity index (χ0v) is 17.3. The summed E-state index contributed by atoms with van der Waals surface area (Å²) >= 11 is 1.31. The van der Waals surface area contributed by atoms with Gasteiger partial charge in [0.15, 0.2) is 0 Å². The summed E-state index contributed by atoms with van der Waals surface area (Å²) in [7, 11) is 1.67. The Morgan fingerprint density at radius 1 is 1.41 bits per heavy atom. The lowest BCUT2D eigenvalue weighted by atomic mass is 10.1. The molecular weight excluding hydrogens is 362 g/mol. The Labute approximate surface area is 163 Å². The van der Waals surface area contributed by atoms with Gasteiger partial charge < -0.3 is 9.30 Å². The zero-order valence-electron chi connectivity index (χ0n) is 16.5. The molecule has 2 heterocycles. The molecule has 1 unspecified atom stereocenters. The highest BCUT2D eigenvalue weighted by atomic mass is 32.1. The Morgan fingerprint density at radius 2 is 2.11 bits per heavy atom. The van der Waals surface area contributed by atoms with E-state index in [4.69, 9.17) is 4.74 Å². The third-order valence-corrected chi connectivity index (χ3v) is 5.33. The fourth-order valence-electron chi connectivity index (χ4n) is 2.93. The molecule has 0 aliphatic heterocycles. The summed E-state index contributed by atoms with van der Waals surface area (Å²) < 4.78 is 7.38. The standard InChI is InChI=1S/C19H25N5O2S/c1-11(2)18-22-23-19(27-18)21-17(25)16(9-20)8-15-7-12(3)24(14(15)5)13(4)10-26-6/h7-8,11,13H,10H2,1-6H3,(H,21,23,25)/b16-8-. The van der Waals surface area contributed by atoms with Crippen molar-refractivity contribution in [3.05, 3.63) is 33.6 Å². The van der Waals surface area contributed by atoms with Crippen LogP contribution in [0.25, 0.3) is 6.08 Å². The van der Waals surface area contributed by atoms with Gasteiger partial charge in [-0.2, -0.15) is 5.26 Å². The lowest BCUT2D eigenvalue weighted by Gasteiger charge is -2.17. The number of anilines is 1. The Kier molecular flexibility index (Phi) is 6.88. The van der Waals surface area contributed by atoms with Crippen LogP contribution in [0.4, 0.5) is 5.13 Å². The number of nitrogens with zero attached hydrogens (tertiary/aromatic N) is 4. The molecule has 0 saturated carbocycles. The molecule has 1 atom stereocenters. The predicted molar refractivity (Wildman–Crippen MR) is 107 cm³/mol. The van der Waals surface area contributed by atoms with Crippen molar-refractivity contribution in [2.45, 2.75) is 46.6 Å². The molecule has 2 rings (SSSR count). The number of aryl methyl sites for hydroxylation is 1. The maximum absolute atomic E-state index is 12.5. The third-order valence-electron chi connectivity index (χ3n) is 4.19. The monoisotopic (exact) mass is 387 g/mol. The average molecular weight is 388 g/mol. The number of nitriles is 1. The van der Waals surface area contributed by atoms with Crippen molar-refractivity contribution in [3.63, 3.8) is 0 Å². The van der Waals surface area contributed by atoms with Crippen LogP contribution in [0.1, 0.15) is 54.7 Å². The van der Waals surface area contributed by atoms with E-state index in [-0.39, 0.29) is 17.5 Å². The topological polar surface area (TPSA) is 92.8 Å². The van der Waals surface area contributed by atoms with Crippen molar-refractivity contribution in [2.75, 3.05) is 19.0 Å².